The summed E-state index contributed by atoms with van der Waals surface area (Å²) in [4.78, 5) is 23.9. The SMILES string of the molecule is CC(C)CCN(NC(=O)OC(C)(C)C)C(C(=O)O)c1ccccc1. The van der Waals surface area contributed by atoms with Crippen LogP contribution in [-0.4, -0.2) is 34.3 Å². The zero-order valence-corrected chi connectivity index (χ0v) is 15.1. The first-order valence-corrected chi connectivity index (χ1v) is 8.14. The van der Waals surface area contributed by atoms with Crippen LogP contribution in [0.3, 0.4) is 0 Å². The minimum Gasteiger partial charge on any atom is -0.480 e. The first kappa shape index (κ1) is 20.0. The number of hydrogen-bond acceptors (Lipinski definition) is 4. The summed E-state index contributed by atoms with van der Waals surface area (Å²) < 4.78 is 5.26. The molecule has 1 aromatic carbocycles. The van der Waals surface area contributed by atoms with E-state index >= 15 is 0 Å². The van der Waals surface area contributed by atoms with E-state index in [1.807, 2.05) is 19.9 Å². The van der Waals surface area contributed by atoms with Crippen molar-refractivity contribution in [2.75, 3.05) is 6.54 Å². The molecule has 0 heterocycles. The van der Waals surface area contributed by atoms with E-state index in [1.165, 1.54) is 5.01 Å². The summed E-state index contributed by atoms with van der Waals surface area (Å²) in [6.45, 7) is 9.78. The van der Waals surface area contributed by atoms with Gasteiger partial charge in [0.2, 0.25) is 0 Å². The Morgan fingerprint density at radius 2 is 1.79 bits per heavy atom. The van der Waals surface area contributed by atoms with Gasteiger partial charge in [-0.25, -0.2) is 4.79 Å². The van der Waals surface area contributed by atoms with E-state index in [2.05, 4.69) is 5.43 Å². The van der Waals surface area contributed by atoms with E-state index in [9.17, 15) is 14.7 Å². The molecule has 1 amide bonds. The van der Waals surface area contributed by atoms with Gasteiger partial charge in [0, 0.05) is 6.54 Å². The molecule has 0 spiro atoms. The van der Waals surface area contributed by atoms with Gasteiger partial charge in [0.25, 0.3) is 0 Å². The van der Waals surface area contributed by atoms with Gasteiger partial charge < -0.3 is 9.84 Å². The number of aliphatic carboxylic acids is 1. The Hall–Kier alpha value is -2.08. The van der Waals surface area contributed by atoms with Gasteiger partial charge in [-0.05, 0) is 38.7 Å². The Kier molecular flexibility index (Phi) is 7.22. The third-order valence-corrected chi connectivity index (χ3v) is 3.24. The third kappa shape index (κ3) is 7.00. The van der Waals surface area contributed by atoms with Crippen LogP contribution in [0.2, 0.25) is 0 Å². The van der Waals surface area contributed by atoms with E-state index < -0.39 is 23.7 Å². The fraction of sp³-hybridized carbons (Fsp3) is 0.556. The zero-order chi connectivity index (χ0) is 18.3. The lowest BCUT2D eigenvalue weighted by molar-refractivity contribution is -0.145. The molecule has 6 nitrogen and oxygen atoms in total. The number of amides is 1. The number of ether oxygens (including phenoxy) is 1. The summed E-state index contributed by atoms with van der Waals surface area (Å²) in [6, 6.07) is 7.87. The second kappa shape index (κ2) is 8.68. The van der Waals surface area contributed by atoms with Crippen molar-refractivity contribution in [2.45, 2.75) is 52.7 Å². The molecule has 1 unspecified atom stereocenters. The topological polar surface area (TPSA) is 78.9 Å². The van der Waals surface area contributed by atoms with Gasteiger partial charge in [-0.2, -0.15) is 5.01 Å². The van der Waals surface area contributed by atoms with Crippen LogP contribution in [0.5, 0.6) is 0 Å². The highest BCUT2D eigenvalue weighted by molar-refractivity contribution is 5.76. The van der Waals surface area contributed by atoms with Gasteiger partial charge in [0.1, 0.15) is 5.60 Å². The molecular formula is C18H28N2O4. The van der Waals surface area contributed by atoms with Crippen LogP contribution in [-0.2, 0) is 9.53 Å². The van der Waals surface area contributed by atoms with E-state index in [1.54, 1.807) is 45.0 Å². The smallest absolute Gasteiger partial charge is 0.422 e. The number of rotatable bonds is 7. The minimum absolute atomic E-state index is 0.373. The van der Waals surface area contributed by atoms with Gasteiger partial charge in [-0.3, -0.25) is 10.2 Å². The predicted octanol–water partition coefficient (Wildman–Crippen LogP) is 3.60. The van der Waals surface area contributed by atoms with Crippen LogP contribution >= 0.6 is 0 Å². The molecule has 0 bridgehead atoms. The summed E-state index contributed by atoms with van der Waals surface area (Å²) in [5.74, 6) is -0.654. The fourth-order valence-corrected chi connectivity index (χ4v) is 2.16. The second-order valence-electron chi connectivity index (χ2n) is 7.14. The lowest BCUT2D eigenvalue weighted by Gasteiger charge is -2.31. The number of hydrazine groups is 1. The van der Waals surface area contributed by atoms with Crippen LogP contribution in [0.1, 0.15) is 52.6 Å². The molecule has 0 aliphatic carbocycles. The highest BCUT2D eigenvalue weighted by atomic mass is 16.6. The maximum absolute atomic E-state index is 12.1. The largest absolute Gasteiger partial charge is 0.480 e. The van der Waals surface area contributed by atoms with Gasteiger partial charge in [0.15, 0.2) is 6.04 Å². The molecule has 0 aromatic heterocycles. The predicted molar refractivity (Wildman–Crippen MR) is 92.3 cm³/mol. The van der Waals surface area contributed by atoms with Gasteiger partial charge in [-0.15, -0.1) is 0 Å². The van der Waals surface area contributed by atoms with Crippen molar-refractivity contribution in [1.82, 2.24) is 10.4 Å². The molecule has 134 valence electrons. The number of carbonyl (C=O) groups is 2. The number of nitrogens with one attached hydrogen (secondary N) is 1. The van der Waals surface area contributed by atoms with E-state index in [0.717, 1.165) is 6.42 Å². The quantitative estimate of drug-likeness (QED) is 0.744. The molecule has 1 aromatic rings. The second-order valence-corrected chi connectivity index (χ2v) is 7.14. The van der Waals surface area contributed by atoms with Crippen molar-refractivity contribution < 1.29 is 19.4 Å². The Bertz CT molecular complexity index is 538. The number of hydrogen-bond donors (Lipinski definition) is 2. The van der Waals surface area contributed by atoms with Crippen LogP contribution in [0.4, 0.5) is 4.79 Å². The Morgan fingerprint density at radius 1 is 1.21 bits per heavy atom. The lowest BCUT2D eigenvalue weighted by Crippen LogP contribution is -2.49. The molecule has 2 N–H and O–H groups in total. The number of carbonyl (C=O) groups excluding carboxylic acids is 1. The summed E-state index contributed by atoms with van der Waals surface area (Å²) in [7, 11) is 0. The normalized spacial score (nSPS) is 13.0. The molecular weight excluding hydrogens is 308 g/mol. The molecule has 0 aliphatic heterocycles. The average Bonchev–Trinajstić information content (AvgIpc) is 2.43. The Labute approximate surface area is 143 Å². The molecule has 6 heteroatoms. The molecule has 1 rings (SSSR count). The summed E-state index contributed by atoms with van der Waals surface area (Å²) in [5, 5.41) is 11.1. The zero-order valence-electron chi connectivity index (χ0n) is 15.1. The fourth-order valence-electron chi connectivity index (χ4n) is 2.16. The van der Waals surface area contributed by atoms with Crippen molar-refractivity contribution in [3.63, 3.8) is 0 Å². The highest BCUT2D eigenvalue weighted by Gasteiger charge is 2.30. The Balaban J connectivity index is 3.00. The average molecular weight is 336 g/mol. The van der Waals surface area contributed by atoms with Crippen LogP contribution < -0.4 is 5.43 Å². The summed E-state index contributed by atoms with van der Waals surface area (Å²) >= 11 is 0. The minimum atomic E-state index is -1.03. The van der Waals surface area contributed by atoms with Crippen molar-refractivity contribution in [2.24, 2.45) is 5.92 Å². The van der Waals surface area contributed by atoms with E-state index in [4.69, 9.17) is 4.74 Å². The van der Waals surface area contributed by atoms with Crippen LogP contribution in [0.25, 0.3) is 0 Å². The first-order valence-electron chi connectivity index (χ1n) is 8.14. The van der Waals surface area contributed by atoms with E-state index in [0.29, 0.717) is 18.0 Å². The number of carboxylic acid groups (broad SMARTS) is 1. The first-order chi connectivity index (χ1) is 11.1. The van der Waals surface area contributed by atoms with Crippen molar-refractivity contribution >= 4 is 12.1 Å². The maximum atomic E-state index is 12.1. The Morgan fingerprint density at radius 3 is 2.25 bits per heavy atom. The van der Waals surface area contributed by atoms with Crippen molar-refractivity contribution in [1.29, 1.82) is 0 Å². The maximum Gasteiger partial charge on any atom is 0.422 e. The molecule has 0 fully saturated rings. The van der Waals surface area contributed by atoms with Gasteiger partial charge >= 0.3 is 12.1 Å². The number of nitrogens with zero attached hydrogens (tertiary/aromatic N) is 1. The van der Waals surface area contributed by atoms with Crippen molar-refractivity contribution in [3.8, 4) is 0 Å². The number of carboxylic acids is 1. The molecule has 0 radical (unpaired) electrons. The molecule has 24 heavy (non-hydrogen) atoms. The van der Waals surface area contributed by atoms with Gasteiger partial charge in [-0.1, -0.05) is 44.2 Å². The molecule has 0 saturated carbocycles. The standard InChI is InChI=1S/C18H28N2O4/c1-13(2)11-12-20(19-17(23)24-18(3,4)5)15(16(21)22)14-9-7-6-8-10-14/h6-10,13,15H,11-12H2,1-5H3,(H,19,23)(H,21,22). The van der Waals surface area contributed by atoms with Crippen LogP contribution in [0, 0.1) is 5.92 Å². The summed E-state index contributed by atoms with van der Waals surface area (Å²) in [6.07, 6.45) is 0.0836. The van der Waals surface area contributed by atoms with Gasteiger partial charge in [0.05, 0.1) is 0 Å². The van der Waals surface area contributed by atoms with E-state index in [-0.39, 0.29) is 0 Å². The third-order valence-electron chi connectivity index (χ3n) is 3.24. The monoisotopic (exact) mass is 336 g/mol. The molecule has 0 saturated heterocycles. The summed E-state index contributed by atoms with van der Waals surface area (Å²) in [5.41, 5.74) is 2.55. The molecule has 0 aliphatic rings. The van der Waals surface area contributed by atoms with Crippen LogP contribution in [0.15, 0.2) is 30.3 Å². The highest BCUT2D eigenvalue weighted by Crippen LogP contribution is 2.21. The number of benzene rings is 1. The van der Waals surface area contributed by atoms with Crippen molar-refractivity contribution in [3.05, 3.63) is 35.9 Å². The lowest BCUT2D eigenvalue weighted by atomic mass is 10.1. The molecule has 1 atom stereocenters.